The zero-order valence-electron chi connectivity index (χ0n) is 9.74. The molecule has 0 saturated carbocycles. The SMILES string of the molecule is O=C(O)C1Cc2nc[nH]c2CN1C(=O)c1cncs1. The fourth-order valence-electron chi connectivity index (χ4n) is 2.13. The zero-order chi connectivity index (χ0) is 13.4. The van der Waals surface area contributed by atoms with E-state index in [4.69, 9.17) is 0 Å². The largest absolute Gasteiger partial charge is 0.480 e. The summed E-state index contributed by atoms with van der Waals surface area (Å²) in [5.41, 5.74) is 3.05. The third-order valence-electron chi connectivity index (χ3n) is 3.09. The van der Waals surface area contributed by atoms with Crippen molar-refractivity contribution >= 4 is 23.2 Å². The van der Waals surface area contributed by atoms with Crippen LogP contribution in [0.5, 0.6) is 0 Å². The van der Waals surface area contributed by atoms with Crippen LogP contribution in [-0.2, 0) is 17.8 Å². The van der Waals surface area contributed by atoms with E-state index in [1.807, 2.05) is 0 Å². The molecule has 1 aliphatic heterocycles. The van der Waals surface area contributed by atoms with Crippen LogP contribution in [0, 0.1) is 0 Å². The summed E-state index contributed by atoms with van der Waals surface area (Å²) in [6.45, 7) is 0.225. The molecule has 0 spiro atoms. The number of fused-ring (bicyclic) bond motifs is 1. The molecule has 0 aliphatic carbocycles. The van der Waals surface area contributed by atoms with Gasteiger partial charge in [0.25, 0.3) is 5.91 Å². The number of carbonyl (C=O) groups is 2. The number of hydrogen-bond acceptors (Lipinski definition) is 5. The lowest BCUT2D eigenvalue weighted by Gasteiger charge is -2.31. The molecule has 0 bridgehead atoms. The van der Waals surface area contributed by atoms with Gasteiger partial charge in [-0.1, -0.05) is 0 Å². The first kappa shape index (κ1) is 11.8. The van der Waals surface area contributed by atoms with E-state index in [-0.39, 0.29) is 18.9 Å². The molecule has 3 heterocycles. The van der Waals surface area contributed by atoms with Crippen LogP contribution in [0.1, 0.15) is 21.1 Å². The molecule has 0 saturated heterocycles. The van der Waals surface area contributed by atoms with Gasteiger partial charge in [0, 0.05) is 6.42 Å². The molecular weight excluding hydrogens is 268 g/mol. The Morgan fingerprint density at radius 3 is 3.05 bits per heavy atom. The summed E-state index contributed by atoms with van der Waals surface area (Å²) in [4.78, 5) is 36.3. The van der Waals surface area contributed by atoms with E-state index in [0.29, 0.717) is 10.6 Å². The quantitative estimate of drug-likeness (QED) is 0.834. The minimum absolute atomic E-state index is 0.221. The average molecular weight is 278 g/mol. The number of thiazole rings is 1. The molecule has 98 valence electrons. The van der Waals surface area contributed by atoms with Crippen molar-refractivity contribution in [1.29, 1.82) is 0 Å². The first-order valence-corrected chi connectivity index (χ1v) is 6.48. The molecule has 1 unspecified atom stereocenters. The number of aromatic nitrogens is 3. The molecule has 1 atom stereocenters. The average Bonchev–Trinajstić information content (AvgIpc) is 3.06. The molecule has 2 aromatic heterocycles. The van der Waals surface area contributed by atoms with Crippen LogP contribution >= 0.6 is 11.3 Å². The van der Waals surface area contributed by atoms with Gasteiger partial charge in [0.1, 0.15) is 10.9 Å². The number of amides is 1. The number of nitrogens with zero attached hydrogens (tertiary/aromatic N) is 3. The molecule has 0 aromatic carbocycles. The second kappa shape index (κ2) is 4.47. The fourth-order valence-corrected chi connectivity index (χ4v) is 2.71. The summed E-state index contributed by atoms with van der Waals surface area (Å²) in [5, 5.41) is 9.27. The van der Waals surface area contributed by atoms with Gasteiger partial charge in [-0.05, 0) is 0 Å². The van der Waals surface area contributed by atoms with Crippen molar-refractivity contribution in [1.82, 2.24) is 19.9 Å². The zero-order valence-corrected chi connectivity index (χ0v) is 10.6. The highest BCUT2D eigenvalue weighted by Gasteiger charge is 2.36. The minimum Gasteiger partial charge on any atom is -0.480 e. The van der Waals surface area contributed by atoms with E-state index < -0.39 is 12.0 Å². The fraction of sp³-hybridized carbons (Fsp3) is 0.273. The van der Waals surface area contributed by atoms with Crippen molar-refractivity contribution in [2.45, 2.75) is 19.0 Å². The first-order chi connectivity index (χ1) is 9.16. The maximum absolute atomic E-state index is 12.3. The lowest BCUT2D eigenvalue weighted by molar-refractivity contribution is -0.142. The van der Waals surface area contributed by atoms with Gasteiger partial charge >= 0.3 is 5.97 Å². The smallest absolute Gasteiger partial charge is 0.326 e. The normalized spacial score (nSPS) is 18.1. The van der Waals surface area contributed by atoms with Gasteiger partial charge in [0.2, 0.25) is 0 Å². The van der Waals surface area contributed by atoms with Gasteiger partial charge in [-0.2, -0.15) is 0 Å². The highest BCUT2D eigenvalue weighted by Crippen LogP contribution is 2.23. The Kier molecular flexibility index (Phi) is 2.79. The second-order valence-corrected chi connectivity index (χ2v) is 5.07. The van der Waals surface area contributed by atoms with Crippen LogP contribution in [-0.4, -0.2) is 42.9 Å². The van der Waals surface area contributed by atoms with Crippen LogP contribution in [0.25, 0.3) is 0 Å². The Labute approximate surface area is 111 Å². The van der Waals surface area contributed by atoms with E-state index in [0.717, 1.165) is 5.69 Å². The monoisotopic (exact) mass is 278 g/mol. The number of carboxylic acids is 1. The van der Waals surface area contributed by atoms with Gasteiger partial charge in [0.15, 0.2) is 0 Å². The van der Waals surface area contributed by atoms with Crippen LogP contribution in [0.2, 0.25) is 0 Å². The van der Waals surface area contributed by atoms with Crippen molar-refractivity contribution in [2.24, 2.45) is 0 Å². The molecule has 2 N–H and O–H groups in total. The number of carboxylic acid groups (broad SMARTS) is 1. The lowest BCUT2D eigenvalue weighted by atomic mass is 10.0. The molecule has 1 amide bonds. The lowest BCUT2D eigenvalue weighted by Crippen LogP contribution is -2.48. The summed E-state index contributed by atoms with van der Waals surface area (Å²) in [6, 6.07) is -0.884. The second-order valence-electron chi connectivity index (χ2n) is 4.18. The van der Waals surface area contributed by atoms with Gasteiger partial charge in [-0.15, -0.1) is 11.3 Å². The highest BCUT2D eigenvalue weighted by atomic mass is 32.1. The van der Waals surface area contributed by atoms with Gasteiger partial charge < -0.3 is 15.0 Å². The predicted octanol–water partition coefficient (Wildman–Crippen LogP) is 0.518. The number of aliphatic carboxylic acids is 1. The number of nitrogens with one attached hydrogen (secondary N) is 1. The standard InChI is InChI=1S/C11H10N4O3S/c16-10(9-2-12-5-19-9)15-3-7-6(13-4-14-7)1-8(15)11(17)18/h2,4-5,8H,1,3H2,(H,13,14)(H,17,18). The predicted molar refractivity (Wildman–Crippen MR) is 65.7 cm³/mol. The maximum atomic E-state index is 12.3. The third kappa shape index (κ3) is 1.99. The van der Waals surface area contributed by atoms with E-state index in [9.17, 15) is 14.7 Å². The molecule has 0 fully saturated rings. The number of H-pyrrole nitrogens is 1. The van der Waals surface area contributed by atoms with Crippen molar-refractivity contribution in [2.75, 3.05) is 0 Å². The van der Waals surface area contributed by atoms with Gasteiger partial charge in [0.05, 0.1) is 36.0 Å². The molecule has 0 radical (unpaired) electrons. The van der Waals surface area contributed by atoms with Crippen molar-refractivity contribution in [3.63, 3.8) is 0 Å². The van der Waals surface area contributed by atoms with Crippen molar-refractivity contribution in [3.05, 3.63) is 34.3 Å². The number of aromatic amines is 1. The Balaban J connectivity index is 1.95. The molecule has 2 aromatic rings. The molecule has 19 heavy (non-hydrogen) atoms. The molecule has 8 heteroatoms. The summed E-state index contributed by atoms with van der Waals surface area (Å²) < 4.78 is 0. The maximum Gasteiger partial charge on any atom is 0.326 e. The van der Waals surface area contributed by atoms with Gasteiger partial charge in [-0.25, -0.2) is 9.78 Å². The summed E-state index contributed by atoms with van der Waals surface area (Å²) in [6.07, 6.45) is 3.19. The Hall–Kier alpha value is -2.22. The van der Waals surface area contributed by atoms with Crippen LogP contribution in [0.15, 0.2) is 18.0 Å². The number of hydrogen-bond donors (Lipinski definition) is 2. The molecule has 3 rings (SSSR count). The molecule has 7 nitrogen and oxygen atoms in total. The summed E-state index contributed by atoms with van der Waals surface area (Å²) >= 11 is 1.20. The van der Waals surface area contributed by atoms with Crippen molar-refractivity contribution < 1.29 is 14.7 Å². The highest BCUT2D eigenvalue weighted by molar-refractivity contribution is 7.11. The number of rotatable bonds is 2. The van der Waals surface area contributed by atoms with Crippen molar-refractivity contribution in [3.8, 4) is 0 Å². The molecule has 1 aliphatic rings. The Bertz CT molecular complexity index is 622. The van der Waals surface area contributed by atoms with E-state index >= 15 is 0 Å². The van der Waals surface area contributed by atoms with Crippen LogP contribution in [0.4, 0.5) is 0 Å². The number of carbonyl (C=O) groups excluding carboxylic acids is 1. The summed E-state index contributed by atoms with van der Waals surface area (Å²) in [7, 11) is 0. The Morgan fingerprint density at radius 1 is 1.53 bits per heavy atom. The minimum atomic E-state index is -1.02. The summed E-state index contributed by atoms with van der Waals surface area (Å²) in [5.74, 6) is -1.33. The Morgan fingerprint density at radius 2 is 2.37 bits per heavy atom. The molecular formula is C11H10N4O3S. The third-order valence-corrected chi connectivity index (χ3v) is 3.85. The van der Waals surface area contributed by atoms with Crippen LogP contribution < -0.4 is 0 Å². The van der Waals surface area contributed by atoms with E-state index in [2.05, 4.69) is 15.0 Å². The topological polar surface area (TPSA) is 99.2 Å². The number of imidazole rings is 1. The van der Waals surface area contributed by atoms with E-state index in [1.54, 1.807) is 5.51 Å². The first-order valence-electron chi connectivity index (χ1n) is 5.60. The van der Waals surface area contributed by atoms with Crippen LogP contribution in [0.3, 0.4) is 0 Å². The van der Waals surface area contributed by atoms with E-state index in [1.165, 1.54) is 28.8 Å². The van der Waals surface area contributed by atoms with Gasteiger partial charge in [-0.3, -0.25) is 9.78 Å².